The number of benzene rings is 1. The summed E-state index contributed by atoms with van der Waals surface area (Å²) in [5.74, 6) is 0.596. The van der Waals surface area contributed by atoms with Crippen molar-refractivity contribution in [3.63, 3.8) is 0 Å². The number of fused-ring (bicyclic) bond motifs is 1. The topological polar surface area (TPSA) is 66.6 Å². The van der Waals surface area contributed by atoms with Gasteiger partial charge >= 0.3 is 6.18 Å². The summed E-state index contributed by atoms with van der Waals surface area (Å²) in [6.45, 7) is 5.29. The van der Waals surface area contributed by atoms with E-state index >= 15 is 0 Å². The van der Waals surface area contributed by atoms with Gasteiger partial charge in [0, 0.05) is 31.9 Å². The number of aromatic nitrogens is 4. The van der Waals surface area contributed by atoms with Crippen LogP contribution in [0.2, 0.25) is 5.02 Å². The molecule has 0 N–H and O–H groups in total. The molecule has 0 unspecified atom stereocenters. The minimum absolute atomic E-state index is 0.0169. The van der Waals surface area contributed by atoms with Gasteiger partial charge in [0.2, 0.25) is 5.91 Å². The lowest BCUT2D eigenvalue weighted by Crippen LogP contribution is -2.49. The van der Waals surface area contributed by atoms with E-state index < -0.39 is 11.7 Å². The normalized spacial score (nSPS) is 15.0. The Morgan fingerprint density at radius 3 is 2.52 bits per heavy atom. The summed E-state index contributed by atoms with van der Waals surface area (Å²) in [5, 5.41) is 4.84. The number of anilines is 1. The molecule has 1 amide bonds. The molecule has 0 saturated carbocycles. The van der Waals surface area contributed by atoms with Gasteiger partial charge in [-0.1, -0.05) is 17.7 Å². The summed E-state index contributed by atoms with van der Waals surface area (Å²) >= 11 is 6.20. The number of nitrogens with zero attached hydrogens (tertiary/aromatic N) is 6. The first-order valence-electron chi connectivity index (χ1n) is 9.72. The second kappa shape index (κ2) is 7.99. The van der Waals surface area contributed by atoms with Gasteiger partial charge in [0.15, 0.2) is 5.82 Å². The highest BCUT2D eigenvalue weighted by atomic mass is 35.5. The van der Waals surface area contributed by atoms with Crippen molar-refractivity contribution < 1.29 is 18.0 Å². The molecule has 1 saturated heterocycles. The van der Waals surface area contributed by atoms with E-state index in [1.165, 1.54) is 10.6 Å². The number of carbonyl (C=O) groups excluding carboxylic acids is 1. The van der Waals surface area contributed by atoms with Crippen molar-refractivity contribution in [3.05, 3.63) is 52.1 Å². The maximum atomic E-state index is 13.0. The van der Waals surface area contributed by atoms with Crippen LogP contribution in [0.4, 0.5) is 18.9 Å². The maximum Gasteiger partial charge on any atom is 0.416 e. The maximum absolute atomic E-state index is 13.0. The number of rotatable bonds is 3. The molecule has 0 aliphatic carbocycles. The van der Waals surface area contributed by atoms with Crippen LogP contribution in [0.5, 0.6) is 0 Å². The van der Waals surface area contributed by atoms with Crippen LogP contribution in [0.15, 0.2) is 24.3 Å². The smallest absolute Gasteiger partial charge is 0.368 e. The number of amides is 1. The van der Waals surface area contributed by atoms with Crippen LogP contribution in [-0.4, -0.2) is 56.6 Å². The molecule has 3 aromatic rings. The van der Waals surface area contributed by atoms with Gasteiger partial charge in [-0.15, -0.1) is 5.10 Å². The van der Waals surface area contributed by atoms with Crippen molar-refractivity contribution in [2.75, 3.05) is 31.1 Å². The van der Waals surface area contributed by atoms with Gasteiger partial charge in [-0.05, 0) is 32.0 Å². The van der Waals surface area contributed by atoms with Crippen molar-refractivity contribution in [3.8, 4) is 0 Å². The van der Waals surface area contributed by atoms with E-state index in [-0.39, 0.29) is 12.3 Å². The molecular formula is C20H20ClF3N6O. The summed E-state index contributed by atoms with van der Waals surface area (Å²) in [6, 6.07) is 5.24. The Balaban J connectivity index is 1.41. The third-order valence-corrected chi connectivity index (χ3v) is 5.88. The Labute approximate surface area is 181 Å². The summed E-state index contributed by atoms with van der Waals surface area (Å²) in [7, 11) is 0. The van der Waals surface area contributed by atoms with E-state index in [0.29, 0.717) is 59.9 Å². The Hall–Kier alpha value is -2.88. The summed E-state index contributed by atoms with van der Waals surface area (Å²) in [6.07, 6.45) is -4.37. The van der Waals surface area contributed by atoms with E-state index in [4.69, 9.17) is 11.6 Å². The molecule has 164 valence electrons. The first-order chi connectivity index (χ1) is 14.6. The fourth-order valence-electron chi connectivity index (χ4n) is 3.61. The Kier molecular flexibility index (Phi) is 5.50. The Morgan fingerprint density at radius 1 is 1.13 bits per heavy atom. The van der Waals surface area contributed by atoms with E-state index in [0.717, 1.165) is 12.1 Å². The average Bonchev–Trinajstić information content (AvgIpc) is 3.14. The van der Waals surface area contributed by atoms with Crippen molar-refractivity contribution in [2.45, 2.75) is 26.4 Å². The predicted octanol–water partition coefficient (Wildman–Crippen LogP) is 3.30. The van der Waals surface area contributed by atoms with Crippen LogP contribution in [0.25, 0.3) is 5.78 Å². The quantitative estimate of drug-likeness (QED) is 0.610. The molecular weight excluding hydrogens is 433 g/mol. The van der Waals surface area contributed by atoms with Gasteiger partial charge in [-0.25, -0.2) is 4.98 Å². The zero-order chi connectivity index (χ0) is 22.3. The minimum atomic E-state index is -4.38. The molecule has 0 atom stereocenters. The average molecular weight is 453 g/mol. The SMILES string of the molecule is Cc1nc2nc(CC(=O)N3CCN(c4cccc(C(F)(F)F)c4)CC3)nn2c(C)c1Cl. The van der Waals surface area contributed by atoms with E-state index in [2.05, 4.69) is 15.1 Å². The largest absolute Gasteiger partial charge is 0.416 e. The van der Waals surface area contributed by atoms with E-state index in [1.807, 2.05) is 4.90 Å². The lowest BCUT2D eigenvalue weighted by molar-refractivity contribution is -0.137. The van der Waals surface area contributed by atoms with Crippen molar-refractivity contribution >= 4 is 29.0 Å². The van der Waals surface area contributed by atoms with Crippen LogP contribution in [0.3, 0.4) is 0 Å². The van der Waals surface area contributed by atoms with Gasteiger partial charge in [-0.2, -0.15) is 22.7 Å². The van der Waals surface area contributed by atoms with Crippen LogP contribution >= 0.6 is 11.6 Å². The first kappa shape index (κ1) is 21.4. The van der Waals surface area contributed by atoms with Crippen LogP contribution in [0.1, 0.15) is 22.8 Å². The lowest BCUT2D eigenvalue weighted by Gasteiger charge is -2.36. The molecule has 3 heterocycles. The highest BCUT2D eigenvalue weighted by molar-refractivity contribution is 6.31. The molecule has 0 radical (unpaired) electrons. The molecule has 1 fully saturated rings. The third kappa shape index (κ3) is 4.30. The number of halogens is 4. The molecule has 0 spiro atoms. The Morgan fingerprint density at radius 2 is 1.84 bits per heavy atom. The summed E-state index contributed by atoms with van der Waals surface area (Å²) in [5.41, 5.74) is 1.16. The molecule has 1 aromatic carbocycles. The molecule has 4 rings (SSSR count). The third-order valence-electron chi connectivity index (χ3n) is 5.33. The van der Waals surface area contributed by atoms with E-state index in [1.54, 1.807) is 24.8 Å². The molecule has 1 aliphatic heterocycles. The second-order valence-corrected chi connectivity index (χ2v) is 7.81. The number of carbonyl (C=O) groups is 1. The second-order valence-electron chi connectivity index (χ2n) is 7.43. The molecule has 1 aliphatic rings. The Bertz CT molecular complexity index is 1140. The number of hydrogen-bond acceptors (Lipinski definition) is 5. The number of hydrogen-bond donors (Lipinski definition) is 0. The van der Waals surface area contributed by atoms with Crippen LogP contribution in [0, 0.1) is 13.8 Å². The fraction of sp³-hybridized carbons (Fsp3) is 0.400. The van der Waals surface area contributed by atoms with Gasteiger partial charge in [0.25, 0.3) is 5.78 Å². The van der Waals surface area contributed by atoms with E-state index in [9.17, 15) is 18.0 Å². The first-order valence-corrected chi connectivity index (χ1v) is 10.1. The molecule has 31 heavy (non-hydrogen) atoms. The van der Waals surface area contributed by atoms with Crippen LogP contribution in [-0.2, 0) is 17.4 Å². The minimum Gasteiger partial charge on any atom is -0.368 e. The summed E-state index contributed by atoms with van der Waals surface area (Å²) < 4.78 is 40.4. The monoisotopic (exact) mass is 452 g/mol. The van der Waals surface area contributed by atoms with Gasteiger partial charge in [-0.3, -0.25) is 4.79 Å². The standard InChI is InChI=1S/C20H20ClF3N6O/c1-12-18(21)13(2)30-19(25-12)26-16(27-30)11-17(31)29-8-6-28(7-9-29)15-5-3-4-14(10-15)20(22,23)24/h3-5,10H,6-9,11H2,1-2H3. The molecule has 2 aromatic heterocycles. The molecule has 7 nitrogen and oxygen atoms in total. The zero-order valence-corrected chi connectivity index (χ0v) is 17.7. The zero-order valence-electron chi connectivity index (χ0n) is 16.9. The van der Waals surface area contributed by atoms with Gasteiger partial charge < -0.3 is 9.80 Å². The van der Waals surface area contributed by atoms with Crippen molar-refractivity contribution in [1.29, 1.82) is 0 Å². The number of aryl methyl sites for hydroxylation is 2. The summed E-state index contributed by atoms with van der Waals surface area (Å²) in [4.78, 5) is 24.9. The van der Waals surface area contributed by atoms with Crippen LogP contribution < -0.4 is 4.90 Å². The van der Waals surface area contributed by atoms with Crippen molar-refractivity contribution in [2.24, 2.45) is 0 Å². The highest BCUT2D eigenvalue weighted by Crippen LogP contribution is 2.32. The number of alkyl halides is 3. The lowest BCUT2D eigenvalue weighted by atomic mass is 10.1. The highest BCUT2D eigenvalue weighted by Gasteiger charge is 2.31. The molecule has 0 bridgehead atoms. The van der Waals surface area contributed by atoms with Crippen molar-refractivity contribution in [1.82, 2.24) is 24.5 Å². The molecule has 11 heteroatoms. The van der Waals surface area contributed by atoms with Gasteiger partial charge in [0.1, 0.15) is 0 Å². The van der Waals surface area contributed by atoms with Gasteiger partial charge in [0.05, 0.1) is 28.4 Å². The number of piperazine rings is 1. The fourth-order valence-corrected chi connectivity index (χ4v) is 3.73. The predicted molar refractivity (Wildman–Crippen MR) is 109 cm³/mol.